The fourth-order valence-corrected chi connectivity index (χ4v) is 4.51. The van der Waals surface area contributed by atoms with E-state index < -0.39 is 11.6 Å². The number of thioether (sulfide) groups is 1. The monoisotopic (exact) mass is 406 g/mol. The number of aromatic nitrogens is 2. The Kier molecular flexibility index (Phi) is 5.96. The maximum Gasteiger partial charge on any atom is 0.219 e. The summed E-state index contributed by atoms with van der Waals surface area (Å²) < 4.78 is 32.6. The van der Waals surface area contributed by atoms with Crippen LogP contribution in [0.25, 0.3) is 0 Å². The number of methoxy groups -OCH3 is 1. The van der Waals surface area contributed by atoms with Crippen LogP contribution in [-0.2, 0) is 5.75 Å². The van der Waals surface area contributed by atoms with E-state index in [4.69, 9.17) is 4.74 Å². The number of likely N-dealkylation sites (tertiary alicyclic amines) is 1. The summed E-state index contributed by atoms with van der Waals surface area (Å²) in [6.45, 7) is 4.35. The second kappa shape index (κ2) is 8.61. The second-order valence-corrected chi connectivity index (χ2v) is 8.10. The molecule has 0 radical (unpaired) electrons. The lowest BCUT2D eigenvalue weighted by Gasteiger charge is -2.43. The zero-order valence-electron chi connectivity index (χ0n) is 15.9. The van der Waals surface area contributed by atoms with Gasteiger partial charge in [-0.15, -0.1) is 0 Å². The number of anilines is 1. The van der Waals surface area contributed by atoms with Gasteiger partial charge in [0.25, 0.3) is 0 Å². The van der Waals surface area contributed by atoms with Gasteiger partial charge in [-0.1, -0.05) is 23.9 Å². The molecular weight excluding hydrogens is 382 g/mol. The van der Waals surface area contributed by atoms with E-state index in [2.05, 4.69) is 19.8 Å². The van der Waals surface area contributed by atoms with Crippen LogP contribution < -0.4 is 9.64 Å². The Hall–Kier alpha value is -1.93. The zero-order valence-corrected chi connectivity index (χ0v) is 16.7. The van der Waals surface area contributed by atoms with Gasteiger partial charge in [0.15, 0.2) is 16.8 Å². The molecule has 5 nitrogen and oxygen atoms in total. The standard InChI is InChI=1S/C20H24F2N4OS/c1-27-18-12-17(26-10-6-15(7-11-26)25-8-3-9-25)23-20(24-18)28-13-14-4-2-5-16(21)19(14)22/h2,4-5,12,15H,3,6-11,13H2,1H3. The number of ether oxygens (including phenoxy) is 1. The molecule has 0 N–H and O–H groups in total. The Morgan fingerprint density at radius 2 is 1.93 bits per heavy atom. The Labute approximate surface area is 168 Å². The maximum absolute atomic E-state index is 13.9. The molecule has 28 heavy (non-hydrogen) atoms. The van der Waals surface area contributed by atoms with Crippen molar-refractivity contribution in [3.63, 3.8) is 0 Å². The Morgan fingerprint density at radius 3 is 2.61 bits per heavy atom. The molecule has 3 heterocycles. The van der Waals surface area contributed by atoms with E-state index in [0.29, 0.717) is 22.6 Å². The molecule has 0 amide bonds. The highest BCUT2D eigenvalue weighted by Gasteiger charge is 2.28. The molecule has 2 aromatic rings. The van der Waals surface area contributed by atoms with E-state index in [1.54, 1.807) is 13.2 Å². The van der Waals surface area contributed by atoms with Crippen LogP contribution in [0.15, 0.2) is 29.4 Å². The van der Waals surface area contributed by atoms with Crippen LogP contribution in [0.4, 0.5) is 14.6 Å². The van der Waals surface area contributed by atoms with Crippen molar-refractivity contribution in [1.82, 2.24) is 14.9 Å². The van der Waals surface area contributed by atoms with Crippen molar-refractivity contribution < 1.29 is 13.5 Å². The quantitative estimate of drug-likeness (QED) is 0.538. The summed E-state index contributed by atoms with van der Waals surface area (Å²) >= 11 is 1.28. The van der Waals surface area contributed by atoms with Crippen molar-refractivity contribution in [2.24, 2.45) is 0 Å². The first-order valence-corrected chi connectivity index (χ1v) is 10.6. The number of hydrogen-bond acceptors (Lipinski definition) is 6. The van der Waals surface area contributed by atoms with E-state index >= 15 is 0 Å². The van der Waals surface area contributed by atoms with E-state index in [0.717, 1.165) is 37.8 Å². The molecule has 150 valence electrons. The third-order valence-corrected chi connectivity index (χ3v) is 6.36. The van der Waals surface area contributed by atoms with Crippen molar-refractivity contribution in [1.29, 1.82) is 0 Å². The van der Waals surface area contributed by atoms with Gasteiger partial charge in [0.2, 0.25) is 5.88 Å². The summed E-state index contributed by atoms with van der Waals surface area (Å²) in [6, 6.07) is 6.73. The Balaban J connectivity index is 1.44. The normalized spacial score (nSPS) is 18.2. The molecule has 8 heteroatoms. The van der Waals surface area contributed by atoms with Crippen molar-refractivity contribution in [3.05, 3.63) is 41.5 Å². The van der Waals surface area contributed by atoms with Crippen LogP contribution in [0, 0.1) is 11.6 Å². The van der Waals surface area contributed by atoms with E-state index in [9.17, 15) is 8.78 Å². The molecular formula is C20H24F2N4OS. The van der Waals surface area contributed by atoms with Crippen LogP contribution in [0.1, 0.15) is 24.8 Å². The number of rotatable bonds is 6. The van der Waals surface area contributed by atoms with Gasteiger partial charge in [0.1, 0.15) is 5.82 Å². The van der Waals surface area contributed by atoms with Crippen LogP contribution in [0.2, 0.25) is 0 Å². The molecule has 0 unspecified atom stereocenters. The summed E-state index contributed by atoms with van der Waals surface area (Å²) in [7, 11) is 1.57. The third kappa shape index (κ3) is 4.22. The molecule has 2 aliphatic rings. The van der Waals surface area contributed by atoms with E-state index in [-0.39, 0.29) is 5.75 Å². The van der Waals surface area contributed by atoms with Gasteiger partial charge in [0, 0.05) is 36.5 Å². The minimum atomic E-state index is -0.838. The summed E-state index contributed by atoms with van der Waals surface area (Å²) in [5, 5.41) is 0.503. The fraction of sp³-hybridized carbons (Fsp3) is 0.500. The SMILES string of the molecule is COc1cc(N2CCC(N3CCC3)CC2)nc(SCc2cccc(F)c2F)n1. The van der Waals surface area contributed by atoms with Crippen molar-refractivity contribution in [2.75, 3.05) is 38.2 Å². The number of benzene rings is 1. The number of piperidine rings is 1. The molecule has 0 saturated carbocycles. The predicted octanol–water partition coefficient (Wildman–Crippen LogP) is 3.73. The Morgan fingerprint density at radius 1 is 1.14 bits per heavy atom. The van der Waals surface area contributed by atoms with Crippen LogP contribution in [0.3, 0.4) is 0 Å². The first kappa shape index (κ1) is 19.4. The highest BCUT2D eigenvalue weighted by Crippen LogP contribution is 2.29. The van der Waals surface area contributed by atoms with Gasteiger partial charge in [-0.2, -0.15) is 4.98 Å². The molecule has 4 rings (SSSR count). The first-order valence-electron chi connectivity index (χ1n) is 9.62. The van der Waals surface area contributed by atoms with Crippen LogP contribution in [-0.4, -0.2) is 54.2 Å². The van der Waals surface area contributed by atoms with Crippen molar-refractivity contribution in [2.45, 2.75) is 36.2 Å². The second-order valence-electron chi connectivity index (χ2n) is 7.16. The first-order chi connectivity index (χ1) is 13.6. The predicted molar refractivity (Wildman–Crippen MR) is 106 cm³/mol. The average Bonchev–Trinajstić information content (AvgIpc) is 2.68. The molecule has 2 fully saturated rings. The number of halogens is 2. The topological polar surface area (TPSA) is 41.5 Å². The zero-order chi connectivity index (χ0) is 19.5. The van der Waals surface area contributed by atoms with Gasteiger partial charge in [-0.3, -0.25) is 0 Å². The molecule has 2 saturated heterocycles. The number of nitrogens with zero attached hydrogens (tertiary/aromatic N) is 4. The summed E-state index contributed by atoms with van der Waals surface area (Å²) in [4.78, 5) is 13.8. The van der Waals surface area contributed by atoms with E-state index in [1.165, 1.54) is 37.3 Å². The minimum Gasteiger partial charge on any atom is -0.481 e. The van der Waals surface area contributed by atoms with Gasteiger partial charge in [-0.25, -0.2) is 13.8 Å². The third-order valence-electron chi connectivity index (χ3n) is 5.46. The largest absolute Gasteiger partial charge is 0.481 e. The summed E-state index contributed by atoms with van der Waals surface area (Å²) in [6.07, 6.45) is 3.57. The van der Waals surface area contributed by atoms with Crippen LogP contribution in [0.5, 0.6) is 5.88 Å². The average molecular weight is 407 g/mol. The maximum atomic E-state index is 13.9. The van der Waals surface area contributed by atoms with Crippen LogP contribution >= 0.6 is 11.8 Å². The highest BCUT2D eigenvalue weighted by molar-refractivity contribution is 7.98. The molecule has 0 spiro atoms. The minimum absolute atomic E-state index is 0.257. The van der Waals surface area contributed by atoms with Crippen molar-refractivity contribution >= 4 is 17.6 Å². The highest BCUT2D eigenvalue weighted by atomic mass is 32.2. The molecule has 0 bridgehead atoms. The van der Waals surface area contributed by atoms with Gasteiger partial charge in [0.05, 0.1) is 7.11 Å². The lowest BCUT2D eigenvalue weighted by atomic mass is 10.00. The van der Waals surface area contributed by atoms with Gasteiger partial charge < -0.3 is 14.5 Å². The fourth-order valence-electron chi connectivity index (χ4n) is 3.69. The lowest BCUT2D eigenvalue weighted by molar-refractivity contribution is 0.1000. The smallest absolute Gasteiger partial charge is 0.219 e. The molecule has 2 aliphatic heterocycles. The molecule has 0 atom stereocenters. The lowest BCUT2D eigenvalue weighted by Crippen LogP contribution is -2.50. The molecule has 1 aromatic heterocycles. The van der Waals surface area contributed by atoms with E-state index in [1.807, 2.05) is 6.07 Å². The van der Waals surface area contributed by atoms with Gasteiger partial charge >= 0.3 is 0 Å². The number of hydrogen-bond donors (Lipinski definition) is 0. The van der Waals surface area contributed by atoms with Gasteiger partial charge in [-0.05, 0) is 38.4 Å². The summed E-state index contributed by atoms with van der Waals surface area (Å²) in [5.74, 6) is -0.0810. The summed E-state index contributed by atoms with van der Waals surface area (Å²) in [5.41, 5.74) is 0.299. The molecule has 1 aromatic carbocycles. The molecule has 0 aliphatic carbocycles. The van der Waals surface area contributed by atoms with Crippen molar-refractivity contribution in [3.8, 4) is 5.88 Å². The Bertz CT molecular complexity index is 826.